The lowest BCUT2D eigenvalue weighted by Gasteiger charge is -2.13. The van der Waals surface area contributed by atoms with Crippen molar-refractivity contribution in [3.8, 4) is 0 Å². The highest BCUT2D eigenvalue weighted by Gasteiger charge is 2.53. The van der Waals surface area contributed by atoms with Gasteiger partial charge in [0.25, 0.3) is 0 Å². The number of carbonyl (C=O) groups excluding carboxylic acids is 2. The summed E-state index contributed by atoms with van der Waals surface area (Å²) in [4.78, 5) is 24.4. The first kappa shape index (κ1) is 30.6. The summed E-state index contributed by atoms with van der Waals surface area (Å²) >= 11 is 0. The number of fused-ring (bicyclic) bond motifs is 1. The van der Waals surface area contributed by atoms with Gasteiger partial charge in [-0.15, -0.1) is 5.73 Å². The number of carbonyl (C=O) groups is 2. The number of hydrogen-bond donors (Lipinski definition) is 0. The lowest BCUT2D eigenvalue weighted by atomic mass is 9.90. The maximum absolute atomic E-state index is 12.6. The Morgan fingerprint density at radius 2 is 1.67 bits per heavy atom. The van der Waals surface area contributed by atoms with Crippen LogP contribution in [0.4, 0.5) is 4.39 Å². The molecule has 0 saturated heterocycles. The molecule has 4 aromatic carbocycles. The first-order chi connectivity index (χ1) is 20.3. The molecule has 0 radical (unpaired) electrons. The molecule has 4 aromatic rings. The van der Waals surface area contributed by atoms with Gasteiger partial charge in [-0.25, -0.2) is 4.39 Å². The zero-order valence-electron chi connectivity index (χ0n) is 24.9. The Hall–Kier alpha value is -4.33. The van der Waals surface area contributed by atoms with E-state index >= 15 is 0 Å². The summed E-state index contributed by atoms with van der Waals surface area (Å²) in [7, 11) is 0. The highest BCUT2D eigenvalue weighted by molar-refractivity contribution is 6.09. The highest BCUT2D eigenvalue weighted by Crippen LogP contribution is 2.48. The highest BCUT2D eigenvalue weighted by atomic mass is 19.1. The molecule has 1 fully saturated rings. The summed E-state index contributed by atoms with van der Waals surface area (Å²) in [5.74, 6) is -0.110. The first-order valence-corrected chi connectivity index (χ1v) is 14.8. The molecule has 3 heteroatoms. The molecule has 42 heavy (non-hydrogen) atoms. The van der Waals surface area contributed by atoms with E-state index in [1.165, 1.54) is 46.5 Å². The molecule has 2 nitrogen and oxygen atoms in total. The maximum Gasteiger partial charge on any atom is 0.150 e. The second-order valence-electron chi connectivity index (χ2n) is 10.9. The van der Waals surface area contributed by atoms with E-state index in [2.05, 4.69) is 68.6 Å². The number of allylic oxidation sites excluding steroid dienone is 1. The van der Waals surface area contributed by atoms with Gasteiger partial charge in [0.15, 0.2) is 5.78 Å². The molecule has 1 aliphatic rings. The molecule has 0 bridgehead atoms. The average molecular weight is 565 g/mol. The molecule has 1 saturated carbocycles. The number of rotatable bonds is 10. The van der Waals surface area contributed by atoms with Gasteiger partial charge in [0.2, 0.25) is 0 Å². The molecule has 0 aliphatic heterocycles. The van der Waals surface area contributed by atoms with Crippen LogP contribution in [0.15, 0.2) is 97.2 Å². The monoisotopic (exact) mass is 564 g/mol. The quantitative estimate of drug-likeness (QED) is 0.109. The molecule has 0 spiro atoms. The Bertz CT molecular complexity index is 1650. The third-order valence-corrected chi connectivity index (χ3v) is 8.04. The second kappa shape index (κ2) is 14.0. The van der Waals surface area contributed by atoms with E-state index in [0.717, 1.165) is 36.0 Å². The van der Waals surface area contributed by atoms with Crippen LogP contribution in [-0.4, -0.2) is 11.6 Å². The minimum absolute atomic E-state index is 0. The lowest BCUT2D eigenvalue weighted by Crippen LogP contribution is -2.25. The van der Waals surface area contributed by atoms with Crippen LogP contribution >= 0.6 is 0 Å². The summed E-state index contributed by atoms with van der Waals surface area (Å²) < 4.78 is 11.9. The summed E-state index contributed by atoms with van der Waals surface area (Å²) in [5.41, 5.74) is 9.44. The fraction of sp³-hybridized carbons (Fsp3) is 0.256. The first-order valence-electron chi connectivity index (χ1n) is 14.8. The fourth-order valence-corrected chi connectivity index (χ4v) is 5.36. The van der Waals surface area contributed by atoms with Crippen LogP contribution in [0.5, 0.6) is 0 Å². The van der Waals surface area contributed by atoms with Gasteiger partial charge in [-0.1, -0.05) is 106 Å². The van der Waals surface area contributed by atoms with E-state index in [4.69, 9.17) is 0 Å². The van der Waals surface area contributed by atoms with Crippen LogP contribution in [0.25, 0.3) is 28.5 Å². The van der Waals surface area contributed by atoms with Gasteiger partial charge >= 0.3 is 0 Å². The van der Waals surface area contributed by atoms with Crippen LogP contribution in [-0.2, 0) is 22.4 Å². The van der Waals surface area contributed by atoms with Crippen molar-refractivity contribution < 1.29 is 18.3 Å². The Morgan fingerprint density at radius 3 is 2.21 bits per heavy atom. The summed E-state index contributed by atoms with van der Waals surface area (Å²) in [5, 5.41) is 2.47. The van der Waals surface area contributed by atoms with E-state index in [1.807, 2.05) is 24.3 Å². The van der Waals surface area contributed by atoms with Crippen molar-refractivity contribution in [1.82, 2.24) is 0 Å². The van der Waals surface area contributed by atoms with Crippen molar-refractivity contribution >= 4 is 40.1 Å². The van der Waals surface area contributed by atoms with Crippen molar-refractivity contribution in [3.63, 3.8) is 0 Å². The molecule has 1 aliphatic carbocycles. The van der Waals surface area contributed by atoms with Crippen LogP contribution < -0.4 is 0 Å². The van der Waals surface area contributed by atoms with Gasteiger partial charge in [0, 0.05) is 16.3 Å². The molecular formula is C39H45FO2. The van der Waals surface area contributed by atoms with Gasteiger partial charge in [0.05, 0.1) is 5.41 Å². The number of hydrogen-bond acceptors (Lipinski definition) is 2. The summed E-state index contributed by atoms with van der Waals surface area (Å²) in [6, 6.07) is 27.1. The number of ketones is 2. The largest absolute Gasteiger partial charge is 0.299 e. The second-order valence-corrected chi connectivity index (χ2v) is 10.9. The molecular weight excluding hydrogens is 519 g/mol. The maximum atomic E-state index is 12.6. The minimum atomic E-state index is -0.693. The predicted octanol–water partition coefficient (Wildman–Crippen LogP) is 10.6. The van der Waals surface area contributed by atoms with Crippen molar-refractivity contribution in [1.29, 1.82) is 0 Å². The molecule has 0 heterocycles. The Morgan fingerprint density at radius 1 is 0.952 bits per heavy atom. The van der Waals surface area contributed by atoms with E-state index < -0.39 is 5.41 Å². The van der Waals surface area contributed by atoms with Crippen molar-refractivity contribution in [2.45, 2.75) is 59.3 Å². The molecule has 0 aromatic heterocycles. The zero-order chi connectivity index (χ0) is 30.1. The van der Waals surface area contributed by atoms with Crippen LogP contribution in [0, 0.1) is 11.2 Å². The number of aryl methyl sites for hydroxylation is 1. The van der Waals surface area contributed by atoms with Gasteiger partial charge < -0.3 is 0 Å². The molecule has 5 rings (SSSR count). The molecule has 0 amide bonds. The standard InChI is InChI=1S/C33H34O2.C6H5F.3H2/c1-5-9-28-21-29-11-8-10-27(31(29)22-30(28)26(6-2)7-3)17-16-24-12-14-25(15-13-24)20-32(35)33(18-19-33)23(4)34;7-6-4-2-1-3-5-6;;;/h8,10-17,21-22H,2,5,7,9,18-20H2,1,3-4H3;1-5H;3*1H/b17-16-;;;;. The molecule has 0 N–H and O–H groups in total. The van der Waals surface area contributed by atoms with Crippen LogP contribution in [0.1, 0.15) is 78.6 Å². The molecule has 0 atom stereocenters. The smallest absolute Gasteiger partial charge is 0.150 e. The Balaban J connectivity index is 0.000000896. The van der Waals surface area contributed by atoms with E-state index in [1.54, 1.807) is 18.2 Å². The lowest BCUT2D eigenvalue weighted by molar-refractivity contribution is -0.133. The van der Waals surface area contributed by atoms with Crippen molar-refractivity contribution in [2.24, 2.45) is 5.41 Å². The SMILES string of the molecule is C=C=C(CC)c1cc2c(/C=C\c3ccc(CC(=O)C4(C(C)=O)CC4)cc3)cccc2cc1CCC.Fc1ccccc1.[HH].[HH].[HH]. The van der Waals surface area contributed by atoms with E-state index in [9.17, 15) is 14.0 Å². The Kier molecular flexibility index (Phi) is 10.2. The average Bonchev–Trinajstić information content (AvgIpc) is 3.81. The fourth-order valence-electron chi connectivity index (χ4n) is 5.36. The predicted molar refractivity (Wildman–Crippen MR) is 180 cm³/mol. The van der Waals surface area contributed by atoms with E-state index in [0.29, 0.717) is 19.3 Å². The van der Waals surface area contributed by atoms with Gasteiger partial charge in [0.1, 0.15) is 11.6 Å². The summed E-state index contributed by atoms with van der Waals surface area (Å²) in [6.45, 7) is 9.83. The van der Waals surface area contributed by atoms with Gasteiger partial charge in [-0.2, -0.15) is 0 Å². The third kappa shape index (κ3) is 7.29. The van der Waals surface area contributed by atoms with Crippen LogP contribution in [0.2, 0.25) is 0 Å². The number of halogens is 1. The van der Waals surface area contributed by atoms with Gasteiger partial charge in [-0.3, -0.25) is 9.59 Å². The normalized spacial score (nSPS) is 13.2. The van der Waals surface area contributed by atoms with Gasteiger partial charge in [-0.05, 0) is 89.4 Å². The number of benzene rings is 4. The molecule has 220 valence electrons. The third-order valence-electron chi connectivity index (χ3n) is 8.04. The van der Waals surface area contributed by atoms with Crippen molar-refractivity contribution in [2.75, 3.05) is 0 Å². The Labute approximate surface area is 253 Å². The number of Topliss-reactive ketones (excluding diaryl/α,β-unsaturated/α-hetero) is 2. The van der Waals surface area contributed by atoms with Crippen molar-refractivity contribution in [3.05, 3.63) is 131 Å². The topological polar surface area (TPSA) is 34.1 Å². The van der Waals surface area contributed by atoms with Crippen LogP contribution in [0.3, 0.4) is 0 Å². The molecule has 0 unspecified atom stereocenters. The zero-order valence-corrected chi connectivity index (χ0v) is 24.9. The minimum Gasteiger partial charge on any atom is -0.299 e. The van der Waals surface area contributed by atoms with E-state index in [-0.39, 0.29) is 21.7 Å². The summed E-state index contributed by atoms with van der Waals surface area (Å²) in [6.07, 6.45) is 9.06.